The minimum atomic E-state index is -0.357. The topological polar surface area (TPSA) is 48.1 Å². The van der Waals surface area contributed by atoms with E-state index in [2.05, 4.69) is 16.4 Å². The molecular formula is C24H19ClFN3O. The standard InChI is InChI=1S/C24H19ClFN3O/c25-19-6-2-4-8-21(19)28-24(30)29-14-13-18-17-5-1-3-7-20(17)27-22(18)23(29)15-9-11-16(26)12-10-15/h1-12,23,27H,13-14H2,(H,28,30). The maximum Gasteiger partial charge on any atom is 0.322 e. The average Bonchev–Trinajstić information content (AvgIpc) is 3.14. The molecule has 6 heteroatoms. The second-order valence-electron chi connectivity index (χ2n) is 7.37. The third kappa shape index (κ3) is 3.21. The lowest BCUT2D eigenvalue weighted by atomic mass is 9.92. The molecule has 3 aromatic carbocycles. The summed E-state index contributed by atoms with van der Waals surface area (Å²) in [4.78, 5) is 18.5. The molecule has 5 rings (SSSR count). The van der Waals surface area contributed by atoms with E-state index in [1.807, 2.05) is 30.3 Å². The summed E-state index contributed by atoms with van der Waals surface area (Å²) in [6.45, 7) is 0.535. The van der Waals surface area contributed by atoms with Gasteiger partial charge in [0.05, 0.1) is 16.8 Å². The molecule has 1 aliphatic heterocycles. The summed E-state index contributed by atoms with van der Waals surface area (Å²) in [7, 11) is 0. The number of H-pyrrole nitrogens is 1. The Morgan fingerprint density at radius 2 is 1.77 bits per heavy atom. The Labute approximate surface area is 178 Å². The Kier molecular flexibility index (Phi) is 4.68. The first-order valence-electron chi connectivity index (χ1n) is 9.79. The van der Waals surface area contributed by atoms with E-state index in [1.165, 1.54) is 17.7 Å². The van der Waals surface area contributed by atoms with Gasteiger partial charge in [-0.05, 0) is 47.9 Å². The van der Waals surface area contributed by atoms with E-state index < -0.39 is 0 Å². The number of fused-ring (bicyclic) bond motifs is 3. The normalized spacial score (nSPS) is 15.8. The van der Waals surface area contributed by atoms with Gasteiger partial charge < -0.3 is 15.2 Å². The van der Waals surface area contributed by atoms with Gasteiger partial charge in [0.2, 0.25) is 0 Å². The monoisotopic (exact) mass is 419 g/mol. The summed E-state index contributed by atoms with van der Waals surface area (Å²) < 4.78 is 13.6. The summed E-state index contributed by atoms with van der Waals surface area (Å²) in [5, 5.41) is 4.56. The van der Waals surface area contributed by atoms with Gasteiger partial charge >= 0.3 is 6.03 Å². The third-order valence-corrected chi connectivity index (χ3v) is 5.93. The number of urea groups is 1. The van der Waals surface area contributed by atoms with Crippen molar-refractivity contribution in [3.63, 3.8) is 0 Å². The van der Waals surface area contributed by atoms with Crippen LogP contribution in [-0.4, -0.2) is 22.5 Å². The Hall–Kier alpha value is -3.31. The van der Waals surface area contributed by atoms with Gasteiger partial charge in [-0.1, -0.05) is 54.1 Å². The van der Waals surface area contributed by atoms with Crippen molar-refractivity contribution in [2.45, 2.75) is 12.5 Å². The summed E-state index contributed by atoms with van der Waals surface area (Å²) >= 11 is 6.23. The molecule has 2 N–H and O–H groups in total. The van der Waals surface area contributed by atoms with Crippen molar-refractivity contribution in [3.05, 3.63) is 100 Å². The highest BCUT2D eigenvalue weighted by molar-refractivity contribution is 6.33. The van der Waals surface area contributed by atoms with Crippen molar-refractivity contribution in [1.82, 2.24) is 9.88 Å². The Morgan fingerprint density at radius 1 is 1.03 bits per heavy atom. The fourth-order valence-electron chi connectivity index (χ4n) is 4.20. The van der Waals surface area contributed by atoms with Crippen LogP contribution >= 0.6 is 11.6 Å². The van der Waals surface area contributed by atoms with Gasteiger partial charge in [-0.3, -0.25) is 0 Å². The van der Waals surface area contributed by atoms with Crippen LogP contribution < -0.4 is 5.32 Å². The van der Waals surface area contributed by atoms with Gasteiger partial charge in [-0.25, -0.2) is 9.18 Å². The van der Waals surface area contributed by atoms with Gasteiger partial charge in [-0.15, -0.1) is 0 Å². The van der Waals surface area contributed by atoms with Crippen LogP contribution in [0.2, 0.25) is 5.02 Å². The van der Waals surface area contributed by atoms with Gasteiger partial charge in [0, 0.05) is 23.1 Å². The van der Waals surface area contributed by atoms with Gasteiger partial charge in [-0.2, -0.15) is 0 Å². The first kappa shape index (κ1) is 18.7. The summed E-state index contributed by atoms with van der Waals surface area (Å²) in [5.41, 5.74) is 4.59. The highest BCUT2D eigenvalue weighted by Crippen LogP contribution is 2.39. The summed E-state index contributed by atoms with van der Waals surface area (Å²) in [6, 6.07) is 21.0. The van der Waals surface area contributed by atoms with E-state index in [0.717, 1.165) is 28.6 Å². The molecule has 4 nitrogen and oxygen atoms in total. The molecule has 1 aromatic heterocycles. The molecule has 150 valence electrons. The maximum absolute atomic E-state index is 13.6. The fourth-order valence-corrected chi connectivity index (χ4v) is 4.38. The average molecular weight is 420 g/mol. The predicted octanol–water partition coefficient (Wildman–Crippen LogP) is 6.14. The lowest BCUT2D eigenvalue weighted by Crippen LogP contribution is -2.43. The highest BCUT2D eigenvalue weighted by atomic mass is 35.5. The first-order chi connectivity index (χ1) is 14.6. The van der Waals surface area contributed by atoms with Crippen molar-refractivity contribution < 1.29 is 9.18 Å². The highest BCUT2D eigenvalue weighted by Gasteiger charge is 2.34. The number of nitrogens with zero attached hydrogens (tertiary/aromatic N) is 1. The number of benzene rings is 3. The number of anilines is 1. The van der Waals surface area contributed by atoms with Crippen LogP contribution in [0.1, 0.15) is 22.9 Å². The zero-order chi connectivity index (χ0) is 20.7. The minimum Gasteiger partial charge on any atom is -0.356 e. The van der Waals surface area contributed by atoms with Crippen molar-refractivity contribution in [1.29, 1.82) is 0 Å². The number of nitrogens with one attached hydrogen (secondary N) is 2. The number of rotatable bonds is 2. The Morgan fingerprint density at radius 3 is 2.57 bits per heavy atom. The van der Waals surface area contributed by atoms with Gasteiger partial charge in [0.1, 0.15) is 5.82 Å². The van der Waals surface area contributed by atoms with E-state index >= 15 is 0 Å². The van der Waals surface area contributed by atoms with Gasteiger partial charge in [0.15, 0.2) is 0 Å². The van der Waals surface area contributed by atoms with Crippen molar-refractivity contribution in [2.24, 2.45) is 0 Å². The van der Waals surface area contributed by atoms with Gasteiger partial charge in [0.25, 0.3) is 0 Å². The number of hydrogen-bond acceptors (Lipinski definition) is 1. The molecule has 2 amide bonds. The second kappa shape index (κ2) is 7.50. The molecule has 1 aliphatic rings. The van der Waals surface area contributed by atoms with Crippen molar-refractivity contribution >= 4 is 34.2 Å². The SMILES string of the molecule is O=C(Nc1ccccc1Cl)N1CCc2c([nH]c3ccccc23)C1c1ccc(F)cc1. The molecule has 1 unspecified atom stereocenters. The van der Waals surface area contributed by atoms with E-state index in [1.54, 1.807) is 29.2 Å². The molecule has 0 fully saturated rings. The second-order valence-corrected chi connectivity index (χ2v) is 7.78. The van der Waals surface area contributed by atoms with E-state index in [9.17, 15) is 9.18 Å². The lowest BCUT2D eigenvalue weighted by molar-refractivity contribution is 0.193. The lowest BCUT2D eigenvalue weighted by Gasteiger charge is -2.36. The molecule has 0 radical (unpaired) electrons. The van der Waals surface area contributed by atoms with E-state index in [4.69, 9.17) is 11.6 Å². The number of carbonyl (C=O) groups excluding carboxylic acids is 1. The first-order valence-corrected chi connectivity index (χ1v) is 10.2. The maximum atomic E-state index is 13.6. The van der Waals surface area contributed by atoms with Crippen molar-refractivity contribution in [3.8, 4) is 0 Å². The summed E-state index contributed by atoms with van der Waals surface area (Å²) in [6.07, 6.45) is 0.729. The molecule has 0 bridgehead atoms. The quantitative estimate of drug-likeness (QED) is 0.402. The number of amides is 2. The molecule has 30 heavy (non-hydrogen) atoms. The molecule has 0 saturated heterocycles. The van der Waals surface area contributed by atoms with E-state index in [0.29, 0.717) is 17.3 Å². The number of aromatic amines is 1. The third-order valence-electron chi connectivity index (χ3n) is 5.60. The molecule has 0 spiro atoms. The van der Waals surface area contributed by atoms with Crippen LogP contribution in [0.25, 0.3) is 10.9 Å². The predicted molar refractivity (Wildman–Crippen MR) is 117 cm³/mol. The largest absolute Gasteiger partial charge is 0.356 e. The zero-order valence-corrected chi connectivity index (χ0v) is 16.8. The molecular weight excluding hydrogens is 401 g/mol. The Bertz CT molecular complexity index is 1230. The number of para-hydroxylation sites is 2. The van der Waals surface area contributed by atoms with Crippen LogP contribution in [0.5, 0.6) is 0 Å². The van der Waals surface area contributed by atoms with E-state index in [-0.39, 0.29) is 17.9 Å². The number of halogens is 2. The smallest absolute Gasteiger partial charge is 0.322 e. The van der Waals surface area contributed by atoms with Crippen LogP contribution in [0.15, 0.2) is 72.8 Å². The Balaban J connectivity index is 1.59. The number of carbonyl (C=O) groups is 1. The molecule has 2 heterocycles. The number of hydrogen-bond donors (Lipinski definition) is 2. The molecule has 0 saturated carbocycles. The summed E-state index contributed by atoms with van der Waals surface area (Å²) in [5.74, 6) is -0.307. The molecule has 0 aliphatic carbocycles. The van der Waals surface area contributed by atoms with Crippen LogP contribution in [0.4, 0.5) is 14.9 Å². The molecule has 4 aromatic rings. The van der Waals surface area contributed by atoms with Crippen molar-refractivity contribution in [2.75, 3.05) is 11.9 Å². The fraction of sp³-hybridized carbons (Fsp3) is 0.125. The number of aromatic nitrogens is 1. The minimum absolute atomic E-state index is 0.248. The zero-order valence-electron chi connectivity index (χ0n) is 16.0. The molecule has 1 atom stereocenters. The van der Waals surface area contributed by atoms with Crippen LogP contribution in [0, 0.1) is 5.82 Å². The van der Waals surface area contributed by atoms with Crippen LogP contribution in [0.3, 0.4) is 0 Å². The van der Waals surface area contributed by atoms with Crippen LogP contribution in [-0.2, 0) is 6.42 Å².